The number of fused-ring (bicyclic) bond motifs is 1. The molecule has 0 unspecified atom stereocenters. The van der Waals surface area contributed by atoms with Gasteiger partial charge >= 0.3 is 5.97 Å². The lowest BCUT2D eigenvalue weighted by molar-refractivity contribution is 0.0527. The number of ether oxygens (including phenoxy) is 1. The summed E-state index contributed by atoms with van der Waals surface area (Å²) in [6.45, 7) is 4.44. The predicted molar refractivity (Wildman–Crippen MR) is 94.9 cm³/mol. The van der Waals surface area contributed by atoms with E-state index in [2.05, 4.69) is 31.7 Å². The van der Waals surface area contributed by atoms with Crippen LogP contribution in [0.25, 0.3) is 11.1 Å². The highest BCUT2D eigenvalue weighted by Crippen LogP contribution is 2.34. The van der Waals surface area contributed by atoms with Gasteiger partial charge in [0.25, 0.3) is 0 Å². The van der Waals surface area contributed by atoms with Gasteiger partial charge in [-0.1, -0.05) is 44.0 Å². The monoisotopic (exact) mass is 316 g/mol. The van der Waals surface area contributed by atoms with Gasteiger partial charge in [-0.25, -0.2) is 4.79 Å². The Morgan fingerprint density at radius 2 is 1.82 bits per heavy atom. The molecule has 2 nitrogen and oxygen atoms in total. The van der Waals surface area contributed by atoms with E-state index in [1.807, 2.05) is 25.1 Å². The number of hydrogen-bond acceptors (Lipinski definition) is 3. The predicted octanol–water partition coefficient (Wildman–Crippen LogP) is 5.13. The van der Waals surface area contributed by atoms with Crippen LogP contribution in [0.2, 0.25) is 0 Å². The number of rotatable bonds is 7. The minimum Gasteiger partial charge on any atom is -0.462 e. The molecule has 22 heavy (non-hydrogen) atoms. The summed E-state index contributed by atoms with van der Waals surface area (Å²) in [5, 5.41) is 0. The summed E-state index contributed by atoms with van der Waals surface area (Å²) in [5.41, 5.74) is 5.22. The highest BCUT2D eigenvalue weighted by molar-refractivity contribution is 7.79. The van der Waals surface area contributed by atoms with Crippen molar-refractivity contribution in [2.75, 3.05) is 6.61 Å². The number of carbonyl (C=O) groups excluding carboxylic acids is 1. The second-order valence-electron chi connectivity index (χ2n) is 5.49. The van der Waals surface area contributed by atoms with Crippen LogP contribution in [0.1, 0.15) is 54.6 Å². The van der Waals surface area contributed by atoms with E-state index in [1.165, 1.54) is 18.4 Å². The number of esters is 1. The molecule has 2 aliphatic rings. The molecule has 2 rings (SSSR count). The zero-order valence-electron chi connectivity index (χ0n) is 13.4. The molecule has 0 bridgehead atoms. The highest BCUT2D eigenvalue weighted by Gasteiger charge is 2.20. The van der Waals surface area contributed by atoms with E-state index in [0.717, 1.165) is 29.5 Å². The van der Waals surface area contributed by atoms with Crippen molar-refractivity contribution in [3.05, 3.63) is 47.0 Å². The van der Waals surface area contributed by atoms with E-state index in [9.17, 15) is 4.79 Å². The Morgan fingerprint density at radius 1 is 1.09 bits per heavy atom. The second-order valence-corrected chi connectivity index (χ2v) is 5.80. The first-order valence-electron chi connectivity index (χ1n) is 8.03. The lowest BCUT2D eigenvalue weighted by atomic mass is 10.0. The summed E-state index contributed by atoms with van der Waals surface area (Å²) < 4.78 is 5.21. The molecule has 0 saturated heterocycles. The first-order valence-corrected chi connectivity index (χ1v) is 8.67. The smallest absolute Gasteiger partial charge is 0.338 e. The van der Waals surface area contributed by atoms with Gasteiger partial charge in [-0.05, 0) is 48.1 Å². The largest absolute Gasteiger partial charge is 0.462 e. The molecule has 0 amide bonds. The van der Waals surface area contributed by atoms with Crippen LogP contribution in [0.5, 0.6) is 0 Å². The molecule has 118 valence electrons. The van der Waals surface area contributed by atoms with Crippen molar-refractivity contribution in [1.82, 2.24) is 0 Å². The van der Waals surface area contributed by atoms with Crippen molar-refractivity contribution in [2.45, 2.75) is 45.3 Å². The molecular weight excluding hydrogens is 292 g/mol. The lowest BCUT2D eigenvalue weighted by Gasteiger charge is -2.02. The number of carbonyl (C=O) groups is 1. The van der Waals surface area contributed by atoms with Gasteiger partial charge < -0.3 is 4.74 Å². The molecule has 0 aromatic carbocycles. The van der Waals surface area contributed by atoms with Crippen LogP contribution < -0.4 is 0 Å². The summed E-state index contributed by atoms with van der Waals surface area (Å²) >= 11 is 4.33. The maximum atomic E-state index is 12.2. The van der Waals surface area contributed by atoms with E-state index in [1.54, 1.807) is 0 Å². The summed E-state index contributed by atoms with van der Waals surface area (Å²) in [7, 11) is 0. The van der Waals surface area contributed by atoms with Gasteiger partial charge in [-0.2, -0.15) is 12.6 Å². The second kappa shape index (κ2) is 8.23. The third-order valence-corrected chi connectivity index (χ3v) is 4.27. The van der Waals surface area contributed by atoms with Crippen LogP contribution in [-0.2, 0) is 16.9 Å². The van der Waals surface area contributed by atoms with Crippen LogP contribution in [0.3, 0.4) is 0 Å². The zero-order valence-corrected chi connectivity index (χ0v) is 14.3. The summed E-state index contributed by atoms with van der Waals surface area (Å²) in [6.07, 6.45) is 4.56. The molecule has 0 aliphatic heterocycles. The van der Waals surface area contributed by atoms with Gasteiger partial charge in [-0.3, -0.25) is 0 Å². The molecular formula is C19H24O2S. The minimum atomic E-state index is -0.229. The summed E-state index contributed by atoms with van der Waals surface area (Å²) in [4.78, 5) is 12.2. The first kappa shape index (κ1) is 16.9. The van der Waals surface area contributed by atoms with Gasteiger partial charge in [0.1, 0.15) is 0 Å². The van der Waals surface area contributed by atoms with Gasteiger partial charge in [-0.15, -0.1) is 0 Å². The Kier molecular flexibility index (Phi) is 6.32. The average molecular weight is 316 g/mol. The zero-order chi connectivity index (χ0) is 15.9. The number of unbranched alkanes of at least 4 members (excludes halogenated alkanes) is 2. The average Bonchev–Trinajstić information content (AvgIpc) is 2.72. The first-order chi connectivity index (χ1) is 10.7. The number of hydrogen-bond donors (Lipinski definition) is 1. The molecule has 0 radical (unpaired) electrons. The molecule has 0 heterocycles. The van der Waals surface area contributed by atoms with Crippen LogP contribution in [0.15, 0.2) is 30.3 Å². The van der Waals surface area contributed by atoms with Gasteiger partial charge in [0.15, 0.2) is 0 Å². The van der Waals surface area contributed by atoms with Crippen molar-refractivity contribution in [3.8, 4) is 11.1 Å². The maximum Gasteiger partial charge on any atom is 0.338 e. The van der Waals surface area contributed by atoms with Crippen molar-refractivity contribution < 1.29 is 9.53 Å². The molecule has 0 atom stereocenters. The summed E-state index contributed by atoms with van der Waals surface area (Å²) in [5.74, 6) is 0.463. The summed E-state index contributed by atoms with van der Waals surface area (Å²) in [6, 6.07) is 10.3. The molecule has 0 aromatic rings. The molecule has 0 N–H and O–H groups in total. The van der Waals surface area contributed by atoms with E-state index in [0.29, 0.717) is 17.9 Å². The fourth-order valence-electron chi connectivity index (χ4n) is 2.72. The van der Waals surface area contributed by atoms with Gasteiger partial charge in [0.2, 0.25) is 0 Å². The minimum absolute atomic E-state index is 0.229. The third kappa shape index (κ3) is 3.83. The molecule has 3 heteroatoms. The topological polar surface area (TPSA) is 26.3 Å². The van der Waals surface area contributed by atoms with Gasteiger partial charge in [0.05, 0.1) is 12.2 Å². The Labute approximate surface area is 138 Å². The van der Waals surface area contributed by atoms with Crippen LogP contribution in [0, 0.1) is 0 Å². The lowest BCUT2D eigenvalue weighted by Crippen LogP contribution is -2.03. The SMILES string of the molecule is CCCCCc1cc(C(=O)OCC)c2ccc(CS)ccc1-2. The maximum absolute atomic E-state index is 12.2. The Bertz CT molecular complexity index is 607. The van der Waals surface area contributed by atoms with Crippen molar-refractivity contribution in [2.24, 2.45) is 0 Å². The third-order valence-electron chi connectivity index (χ3n) is 3.90. The fraction of sp³-hybridized carbons (Fsp3) is 0.421. The number of thiol groups is 1. The Hall–Kier alpha value is -1.48. The molecule has 0 spiro atoms. The fourth-order valence-corrected chi connectivity index (χ4v) is 2.93. The quantitative estimate of drug-likeness (QED) is 0.435. The molecule has 0 fully saturated rings. The van der Waals surface area contributed by atoms with Gasteiger partial charge in [0, 0.05) is 5.75 Å². The molecule has 0 saturated carbocycles. The van der Waals surface area contributed by atoms with E-state index >= 15 is 0 Å². The van der Waals surface area contributed by atoms with Crippen molar-refractivity contribution in [3.63, 3.8) is 0 Å². The van der Waals surface area contributed by atoms with Crippen molar-refractivity contribution >= 4 is 18.6 Å². The van der Waals surface area contributed by atoms with Crippen LogP contribution in [-0.4, -0.2) is 12.6 Å². The normalized spacial score (nSPS) is 10.9. The molecule has 2 aliphatic carbocycles. The standard InChI is InChI=1S/C19H24O2S/c1-3-5-6-7-15-12-18(19(20)21-4-2)17-11-9-14(13-22)8-10-16(15)17/h8-12,22H,3-7,13H2,1-2H3. The van der Waals surface area contributed by atoms with E-state index in [-0.39, 0.29) is 5.97 Å². The van der Waals surface area contributed by atoms with Crippen LogP contribution >= 0.6 is 12.6 Å². The molecule has 0 aromatic heterocycles. The van der Waals surface area contributed by atoms with Crippen LogP contribution in [0.4, 0.5) is 0 Å². The Morgan fingerprint density at radius 3 is 2.45 bits per heavy atom. The van der Waals surface area contributed by atoms with E-state index < -0.39 is 0 Å². The number of aryl methyl sites for hydroxylation is 1. The van der Waals surface area contributed by atoms with Crippen molar-refractivity contribution in [1.29, 1.82) is 0 Å². The van der Waals surface area contributed by atoms with E-state index in [4.69, 9.17) is 4.74 Å². The highest BCUT2D eigenvalue weighted by atomic mass is 32.1. The Balaban J connectivity index is 2.43.